The predicted molar refractivity (Wildman–Crippen MR) is 119 cm³/mol. The van der Waals surface area contributed by atoms with Crippen LogP contribution in [0.2, 0.25) is 0 Å². The van der Waals surface area contributed by atoms with E-state index < -0.39 is 18.0 Å². The first kappa shape index (κ1) is 23.0. The maximum atomic E-state index is 13.0. The van der Waals surface area contributed by atoms with Crippen molar-refractivity contribution < 1.29 is 22.7 Å². The number of imidazole rings is 1. The van der Waals surface area contributed by atoms with Crippen LogP contribution < -0.4 is 16.2 Å². The Labute approximate surface area is 192 Å². The fourth-order valence-corrected chi connectivity index (χ4v) is 3.71. The molecule has 0 fully saturated rings. The van der Waals surface area contributed by atoms with Crippen LogP contribution in [-0.4, -0.2) is 31.9 Å². The third-order valence-electron chi connectivity index (χ3n) is 5.20. The lowest BCUT2D eigenvalue weighted by Crippen LogP contribution is -2.22. The number of nitrogen functional groups attached to an aromatic ring is 1. The van der Waals surface area contributed by atoms with E-state index in [4.69, 9.17) is 16.5 Å². The molecule has 0 bridgehead atoms. The molecule has 2 aromatic heterocycles. The van der Waals surface area contributed by atoms with Crippen LogP contribution in [0.1, 0.15) is 47.1 Å². The van der Waals surface area contributed by atoms with Crippen LogP contribution in [0, 0.1) is 0 Å². The SMILES string of the molecule is CC(C)c1nc(-c2ccc(Cc3cccc(C(N)=O)c3OC(F)(F)F)cc2)c2c(N)ncnn12. The zero-order chi connectivity index (χ0) is 24.6. The Hall–Kier alpha value is -4.15. The van der Waals surface area contributed by atoms with Gasteiger partial charge in [-0.25, -0.2) is 14.5 Å². The number of nitrogens with two attached hydrogens (primary N) is 2. The van der Waals surface area contributed by atoms with Crippen molar-refractivity contribution in [2.75, 3.05) is 5.73 Å². The third-order valence-corrected chi connectivity index (χ3v) is 5.20. The van der Waals surface area contributed by atoms with Crippen molar-refractivity contribution in [2.45, 2.75) is 32.5 Å². The molecule has 0 saturated carbocycles. The van der Waals surface area contributed by atoms with Gasteiger partial charge in [-0.1, -0.05) is 50.2 Å². The van der Waals surface area contributed by atoms with Gasteiger partial charge >= 0.3 is 6.36 Å². The fourth-order valence-electron chi connectivity index (χ4n) is 3.71. The molecular weight excluding hydrogens is 449 g/mol. The van der Waals surface area contributed by atoms with Crippen LogP contribution in [0.4, 0.5) is 19.0 Å². The number of benzene rings is 2. The van der Waals surface area contributed by atoms with Gasteiger partial charge in [0, 0.05) is 17.9 Å². The zero-order valence-corrected chi connectivity index (χ0v) is 18.3. The average molecular weight is 470 g/mol. The summed E-state index contributed by atoms with van der Waals surface area (Å²) in [6.45, 7) is 3.97. The summed E-state index contributed by atoms with van der Waals surface area (Å²) in [6, 6.07) is 11.2. The normalized spacial score (nSPS) is 11.8. The molecule has 0 spiro atoms. The van der Waals surface area contributed by atoms with E-state index in [1.807, 2.05) is 13.8 Å². The predicted octanol–water partition coefficient (Wildman–Crippen LogP) is 4.09. The first-order valence-electron chi connectivity index (χ1n) is 10.3. The second kappa shape index (κ2) is 8.65. The number of aromatic nitrogens is 4. The van der Waals surface area contributed by atoms with Crippen LogP contribution >= 0.6 is 0 Å². The first-order valence-corrected chi connectivity index (χ1v) is 10.3. The summed E-state index contributed by atoms with van der Waals surface area (Å²) in [4.78, 5) is 20.4. The Kier molecular flexibility index (Phi) is 5.86. The van der Waals surface area contributed by atoms with Crippen molar-refractivity contribution in [1.29, 1.82) is 0 Å². The average Bonchev–Trinajstić information content (AvgIpc) is 3.16. The Balaban J connectivity index is 1.71. The number of hydrogen-bond donors (Lipinski definition) is 2. The van der Waals surface area contributed by atoms with Gasteiger partial charge in [0.05, 0.1) is 5.56 Å². The van der Waals surface area contributed by atoms with Gasteiger partial charge in [0.15, 0.2) is 5.82 Å². The van der Waals surface area contributed by atoms with Crippen LogP contribution in [0.15, 0.2) is 48.8 Å². The third kappa shape index (κ3) is 4.49. The number of anilines is 1. The number of alkyl halides is 3. The van der Waals surface area contributed by atoms with Crippen molar-refractivity contribution >= 4 is 17.2 Å². The van der Waals surface area contributed by atoms with Gasteiger partial charge in [-0.3, -0.25) is 4.79 Å². The molecule has 0 aliphatic carbocycles. The van der Waals surface area contributed by atoms with Crippen LogP contribution in [0.5, 0.6) is 5.75 Å². The maximum Gasteiger partial charge on any atom is 0.573 e. The number of halogens is 3. The van der Waals surface area contributed by atoms with Crippen molar-refractivity contribution in [3.8, 4) is 17.0 Å². The number of primary amides is 1. The van der Waals surface area contributed by atoms with Crippen LogP contribution in [-0.2, 0) is 6.42 Å². The Bertz CT molecular complexity index is 1360. The van der Waals surface area contributed by atoms with E-state index in [1.165, 1.54) is 24.5 Å². The number of carbonyl (C=O) groups excluding carboxylic acids is 1. The number of rotatable bonds is 6. The molecule has 2 aromatic carbocycles. The highest BCUT2D eigenvalue weighted by molar-refractivity contribution is 5.96. The van der Waals surface area contributed by atoms with Crippen molar-refractivity contribution in [3.63, 3.8) is 0 Å². The number of carbonyl (C=O) groups is 1. The summed E-state index contributed by atoms with van der Waals surface area (Å²) in [6.07, 6.45) is -3.52. The Morgan fingerprint density at radius 2 is 1.85 bits per heavy atom. The minimum absolute atomic E-state index is 0.0826. The fraction of sp³-hybridized carbons (Fsp3) is 0.217. The molecule has 4 N–H and O–H groups in total. The van der Waals surface area contributed by atoms with Gasteiger partial charge in [0.1, 0.15) is 29.1 Å². The number of para-hydroxylation sites is 1. The molecule has 2 heterocycles. The van der Waals surface area contributed by atoms with E-state index in [0.29, 0.717) is 16.8 Å². The van der Waals surface area contributed by atoms with Crippen molar-refractivity contribution in [2.24, 2.45) is 5.73 Å². The summed E-state index contributed by atoms with van der Waals surface area (Å²) in [5.41, 5.74) is 13.8. The molecule has 176 valence electrons. The maximum absolute atomic E-state index is 13.0. The Morgan fingerprint density at radius 3 is 2.47 bits per heavy atom. The van der Waals surface area contributed by atoms with Gasteiger partial charge in [-0.05, 0) is 17.2 Å². The molecule has 0 radical (unpaired) electrons. The molecule has 4 rings (SSSR count). The van der Waals surface area contributed by atoms with E-state index >= 15 is 0 Å². The smallest absolute Gasteiger partial charge is 0.405 e. The Morgan fingerprint density at radius 1 is 1.15 bits per heavy atom. The summed E-state index contributed by atoms with van der Waals surface area (Å²) < 4.78 is 44.7. The minimum atomic E-state index is -4.97. The molecule has 0 unspecified atom stereocenters. The number of hydrogen-bond acceptors (Lipinski definition) is 6. The number of nitrogens with zero attached hydrogens (tertiary/aromatic N) is 4. The monoisotopic (exact) mass is 470 g/mol. The lowest BCUT2D eigenvalue weighted by atomic mass is 9.99. The molecule has 11 heteroatoms. The van der Waals surface area contributed by atoms with Crippen LogP contribution in [0.25, 0.3) is 16.8 Å². The number of amides is 1. The van der Waals surface area contributed by atoms with Crippen LogP contribution in [0.3, 0.4) is 0 Å². The van der Waals surface area contributed by atoms with Gasteiger partial charge < -0.3 is 16.2 Å². The summed E-state index contributed by atoms with van der Waals surface area (Å²) in [5.74, 6) is -0.521. The topological polar surface area (TPSA) is 121 Å². The molecule has 4 aromatic rings. The van der Waals surface area contributed by atoms with Crippen molar-refractivity contribution in [3.05, 3.63) is 71.3 Å². The van der Waals surface area contributed by atoms with Gasteiger partial charge in [-0.2, -0.15) is 5.10 Å². The van der Waals surface area contributed by atoms with E-state index in [0.717, 1.165) is 11.4 Å². The first-order chi connectivity index (χ1) is 16.0. The van der Waals surface area contributed by atoms with Gasteiger partial charge in [0.25, 0.3) is 5.91 Å². The van der Waals surface area contributed by atoms with Gasteiger partial charge in [0.2, 0.25) is 0 Å². The zero-order valence-electron chi connectivity index (χ0n) is 18.3. The largest absolute Gasteiger partial charge is 0.573 e. The molecule has 0 aliphatic heterocycles. The van der Waals surface area contributed by atoms with E-state index in [9.17, 15) is 18.0 Å². The number of ether oxygens (including phenoxy) is 1. The van der Waals surface area contributed by atoms with E-state index in [2.05, 4.69) is 14.8 Å². The summed E-state index contributed by atoms with van der Waals surface area (Å²) in [7, 11) is 0. The van der Waals surface area contributed by atoms with Crippen molar-refractivity contribution in [1.82, 2.24) is 19.6 Å². The minimum Gasteiger partial charge on any atom is -0.405 e. The second-order valence-electron chi connectivity index (χ2n) is 7.96. The quantitative estimate of drug-likeness (QED) is 0.438. The summed E-state index contributed by atoms with van der Waals surface area (Å²) >= 11 is 0. The molecule has 0 saturated heterocycles. The molecule has 0 aliphatic rings. The molecule has 8 nitrogen and oxygen atoms in total. The lowest BCUT2D eigenvalue weighted by Gasteiger charge is -2.16. The molecule has 0 atom stereocenters. The highest BCUT2D eigenvalue weighted by Gasteiger charge is 2.34. The van der Waals surface area contributed by atoms with Gasteiger partial charge in [-0.15, -0.1) is 13.2 Å². The second-order valence-corrected chi connectivity index (χ2v) is 7.96. The van der Waals surface area contributed by atoms with E-state index in [1.54, 1.807) is 28.8 Å². The highest BCUT2D eigenvalue weighted by atomic mass is 19.4. The molecule has 1 amide bonds. The summed E-state index contributed by atoms with van der Waals surface area (Å²) in [5, 5.41) is 4.26. The standard InChI is InChI=1S/C23H21F3N6O2/c1-12(2)22-31-17(18-20(27)29-11-30-32(18)22)14-8-6-13(7-9-14)10-15-4-3-5-16(21(28)33)19(15)34-23(24,25)26/h3-9,11-12H,10H2,1-2H3,(H2,28,33)(H2,27,29,30). The highest BCUT2D eigenvalue weighted by Crippen LogP contribution is 2.33. The number of fused-ring (bicyclic) bond motifs is 1. The molecule has 34 heavy (non-hydrogen) atoms. The van der Waals surface area contributed by atoms with E-state index in [-0.39, 0.29) is 29.3 Å². The lowest BCUT2D eigenvalue weighted by molar-refractivity contribution is -0.275. The molecular formula is C23H21F3N6O2.